The molecule has 2 saturated carbocycles. The van der Waals surface area contributed by atoms with E-state index < -0.39 is 12.2 Å². The average Bonchev–Trinajstić information content (AvgIpc) is 2.64. The van der Waals surface area contributed by atoms with Crippen molar-refractivity contribution in [3.63, 3.8) is 0 Å². The minimum absolute atomic E-state index is 0.0556. The molecule has 72 valence electrons. The lowest BCUT2D eigenvalue weighted by atomic mass is 9.80. The molecule has 4 heteroatoms. The Labute approximate surface area is 75.5 Å². The molecule has 0 amide bonds. The third kappa shape index (κ3) is 0.758. The number of carbonyl (C=O) groups excluding carboxylic acids is 1. The highest BCUT2D eigenvalue weighted by Crippen LogP contribution is 2.55. The Morgan fingerprint density at radius 1 is 1.31 bits per heavy atom. The lowest BCUT2D eigenvalue weighted by molar-refractivity contribution is -0.143. The molecule has 0 spiro atoms. The molecule has 3 aliphatic rings. The topological polar surface area (TPSA) is 66.8 Å². The van der Waals surface area contributed by atoms with Crippen molar-refractivity contribution in [1.82, 2.24) is 0 Å². The molecule has 6 atom stereocenters. The van der Waals surface area contributed by atoms with Crippen LogP contribution in [0, 0.1) is 23.7 Å². The van der Waals surface area contributed by atoms with Gasteiger partial charge in [-0.2, -0.15) is 0 Å². The fourth-order valence-electron chi connectivity index (χ4n) is 3.38. The Morgan fingerprint density at radius 3 is 2.85 bits per heavy atom. The number of hydrogen-bond donors (Lipinski definition) is 2. The van der Waals surface area contributed by atoms with E-state index in [-0.39, 0.29) is 29.6 Å². The van der Waals surface area contributed by atoms with Crippen LogP contribution in [0.25, 0.3) is 0 Å². The van der Waals surface area contributed by atoms with Crippen LogP contribution in [-0.2, 0) is 9.53 Å². The minimum atomic E-state index is -0.488. The van der Waals surface area contributed by atoms with Gasteiger partial charge in [-0.1, -0.05) is 0 Å². The van der Waals surface area contributed by atoms with Crippen LogP contribution in [0.3, 0.4) is 0 Å². The van der Waals surface area contributed by atoms with Crippen LogP contribution in [0.1, 0.15) is 6.42 Å². The Balaban J connectivity index is 1.98. The van der Waals surface area contributed by atoms with Gasteiger partial charge in [-0.3, -0.25) is 4.79 Å². The number of aliphatic hydroxyl groups excluding tert-OH is 2. The second-order valence-corrected chi connectivity index (χ2v) is 4.35. The predicted molar refractivity (Wildman–Crippen MR) is 41.5 cm³/mol. The molecule has 1 saturated heterocycles. The fourth-order valence-corrected chi connectivity index (χ4v) is 3.38. The number of ether oxygens (including phenoxy) is 1. The van der Waals surface area contributed by atoms with Gasteiger partial charge in [-0.05, 0) is 6.42 Å². The van der Waals surface area contributed by atoms with Crippen molar-refractivity contribution in [3.8, 4) is 0 Å². The third-order valence-electron chi connectivity index (χ3n) is 3.90. The van der Waals surface area contributed by atoms with Gasteiger partial charge in [0.1, 0.15) is 0 Å². The summed E-state index contributed by atoms with van der Waals surface area (Å²) in [5.74, 6) is -0.426. The van der Waals surface area contributed by atoms with Gasteiger partial charge in [0.2, 0.25) is 0 Å². The van der Waals surface area contributed by atoms with Crippen LogP contribution in [0.4, 0.5) is 0 Å². The normalized spacial score (nSPS) is 58.2. The number of esters is 1. The molecule has 4 nitrogen and oxygen atoms in total. The maximum absolute atomic E-state index is 11.3. The number of hydrogen-bond acceptors (Lipinski definition) is 4. The molecule has 0 aromatic carbocycles. The second kappa shape index (κ2) is 2.25. The number of fused-ring (bicyclic) bond motifs is 5. The van der Waals surface area contributed by atoms with E-state index in [1.165, 1.54) is 0 Å². The Kier molecular flexibility index (Phi) is 1.34. The molecule has 0 aromatic heterocycles. The van der Waals surface area contributed by atoms with Gasteiger partial charge in [0, 0.05) is 17.8 Å². The van der Waals surface area contributed by atoms with E-state index >= 15 is 0 Å². The molecular formula is C9H12O4. The Morgan fingerprint density at radius 2 is 2.08 bits per heavy atom. The largest absolute Gasteiger partial charge is 0.465 e. The molecular weight excluding hydrogens is 172 g/mol. The first-order chi connectivity index (χ1) is 6.20. The maximum atomic E-state index is 11.3. The Bertz CT molecular complexity index is 262. The van der Waals surface area contributed by atoms with Crippen LogP contribution in [-0.4, -0.2) is 35.0 Å². The van der Waals surface area contributed by atoms with Gasteiger partial charge in [-0.15, -0.1) is 0 Å². The highest BCUT2D eigenvalue weighted by molar-refractivity contribution is 5.76. The van der Waals surface area contributed by atoms with Crippen molar-refractivity contribution in [3.05, 3.63) is 0 Å². The molecule has 0 unspecified atom stereocenters. The van der Waals surface area contributed by atoms with Crippen LogP contribution in [0.15, 0.2) is 0 Å². The van der Waals surface area contributed by atoms with Crippen molar-refractivity contribution in [1.29, 1.82) is 0 Å². The van der Waals surface area contributed by atoms with Crippen molar-refractivity contribution in [2.45, 2.75) is 18.6 Å². The molecule has 13 heavy (non-hydrogen) atoms. The van der Waals surface area contributed by atoms with Gasteiger partial charge in [0.15, 0.2) is 0 Å². The zero-order valence-corrected chi connectivity index (χ0v) is 7.09. The van der Waals surface area contributed by atoms with Crippen molar-refractivity contribution >= 4 is 5.97 Å². The van der Waals surface area contributed by atoms with E-state index in [4.69, 9.17) is 4.74 Å². The molecule has 2 aliphatic carbocycles. The molecule has 0 aromatic rings. The zero-order chi connectivity index (χ0) is 9.16. The zero-order valence-electron chi connectivity index (χ0n) is 7.09. The average molecular weight is 184 g/mol. The minimum Gasteiger partial charge on any atom is -0.465 e. The molecule has 3 rings (SSSR count). The molecule has 2 N–H and O–H groups in total. The van der Waals surface area contributed by atoms with Crippen LogP contribution in [0.5, 0.6) is 0 Å². The summed E-state index contributed by atoms with van der Waals surface area (Å²) in [6, 6.07) is 0. The van der Waals surface area contributed by atoms with E-state index in [0.29, 0.717) is 13.0 Å². The smallest absolute Gasteiger partial charge is 0.309 e. The number of cyclic esters (lactones) is 1. The summed E-state index contributed by atoms with van der Waals surface area (Å²) in [5, 5.41) is 19.4. The first-order valence-electron chi connectivity index (χ1n) is 4.73. The Hall–Kier alpha value is -0.610. The summed E-state index contributed by atoms with van der Waals surface area (Å²) in [6.45, 7) is 0.388. The van der Waals surface area contributed by atoms with Gasteiger partial charge in [0.25, 0.3) is 0 Å². The SMILES string of the molecule is O=C1OC[C@@H]2[C@H]1[C@@H]1C[C@H](O)[C@@H]2[C@H]1O. The highest BCUT2D eigenvalue weighted by Gasteiger charge is 2.63. The van der Waals surface area contributed by atoms with Crippen molar-refractivity contribution in [2.75, 3.05) is 6.61 Å². The second-order valence-electron chi connectivity index (χ2n) is 4.35. The van der Waals surface area contributed by atoms with E-state index in [1.54, 1.807) is 0 Å². The van der Waals surface area contributed by atoms with E-state index in [2.05, 4.69) is 0 Å². The third-order valence-corrected chi connectivity index (χ3v) is 3.90. The maximum Gasteiger partial charge on any atom is 0.309 e. The van der Waals surface area contributed by atoms with Gasteiger partial charge >= 0.3 is 5.97 Å². The van der Waals surface area contributed by atoms with Gasteiger partial charge in [0.05, 0.1) is 24.7 Å². The van der Waals surface area contributed by atoms with E-state index in [9.17, 15) is 15.0 Å². The van der Waals surface area contributed by atoms with Crippen LogP contribution < -0.4 is 0 Å². The molecule has 0 radical (unpaired) electrons. The number of aliphatic hydroxyl groups is 2. The molecule has 1 heterocycles. The summed E-state index contributed by atoms with van der Waals surface area (Å²) in [7, 11) is 0. The summed E-state index contributed by atoms with van der Waals surface area (Å²) in [6.07, 6.45) is -0.365. The summed E-state index contributed by atoms with van der Waals surface area (Å²) in [4.78, 5) is 11.3. The van der Waals surface area contributed by atoms with Crippen LogP contribution in [0.2, 0.25) is 0 Å². The highest BCUT2D eigenvalue weighted by atomic mass is 16.5. The standard InChI is InChI=1S/C9H12O4/c10-5-1-3-6-4(2-13-9(6)12)7(5)8(3)11/h3-8,10-11H,1-2H2/t3-,4+,5-,6+,7+,8-/m0/s1. The molecule has 1 aliphatic heterocycles. The van der Waals surface area contributed by atoms with E-state index in [1.807, 2.05) is 0 Å². The first-order valence-corrected chi connectivity index (χ1v) is 4.73. The fraction of sp³-hybridized carbons (Fsp3) is 0.889. The molecule has 3 fully saturated rings. The van der Waals surface area contributed by atoms with Gasteiger partial charge < -0.3 is 14.9 Å². The van der Waals surface area contributed by atoms with E-state index in [0.717, 1.165) is 0 Å². The molecule has 2 bridgehead atoms. The van der Waals surface area contributed by atoms with Crippen molar-refractivity contribution in [2.24, 2.45) is 23.7 Å². The lowest BCUT2D eigenvalue weighted by Gasteiger charge is -2.23. The predicted octanol–water partition coefficient (Wildman–Crippen LogP) is -0.853. The lowest BCUT2D eigenvalue weighted by Crippen LogP contribution is -2.31. The van der Waals surface area contributed by atoms with Crippen molar-refractivity contribution < 1.29 is 19.7 Å². The van der Waals surface area contributed by atoms with Crippen LogP contribution >= 0.6 is 0 Å². The first kappa shape index (κ1) is 7.76. The number of carbonyl (C=O) groups is 1. The summed E-state index contributed by atoms with van der Waals surface area (Å²) >= 11 is 0. The number of rotatable bonds is 0. The quantitative estimate of drug-likeness (QED) is 0.481. The summed E-state index contributed by atoms with van der Waals surface area (Å²) < 4.78 is 4.94. The summed E-state index contributed by atoms with van der Waals surface area (Å²) in [5.41, 5.74) is 0. The van der Waals surface area contributed by atoms with Gasteiger partial charge in [-0.25, -0.2) is 0 Å². The monoisotopic (exact) mass is 184 g/mol.